The van der Waals surface area contributed by atoms with E-state index in [1.54, 1.807) is 31.2 Å². The Morgan fingerprint density at radius 2 is 1.57 bits per heavy atom. The Hall–Kier alpha value is -2.93. The lowest BCUT2D eigenvalue weighted by molar-refractivity contribution is -0.122. The van der Waals surface area contributed by atoms with Crippen LogP contribution in [0.1, 0.15) is 28.8 Å². The van der Waals surface area contributed by atoms with Crippen molar-refractivity contribution in [1.82, 2.24) is 0 Å². The van der Waals surface area contributed by atoms with Crippen LogP contribution in [-0.2, 0) is 4.79 Å². The van der Waals surface area contributed by atoms with E-state index in [2.05, 4.69) is 0 Å². The lowest BCUT2D eigenvalue weighted by Crippen LogP contribution is -2.32. The van der Waals surface area contributed by atoms with Crippen LogP contribution in [0, 0.1) is 22.2 Å². The SMILES string of the molecule is C[C@@]1(C(=O)c2ccccc2)[C@H](c2ccccc2)[C@@]1(C#N)C(N)=O. The van der Waals surface area contributed by atoms with Crippen molar-refractivity contribution >= 4 is 11.7 Å². The van der Waals surface area contributed by atoms with Gasteiger partial charge in [-0.25, -0.2) is 0 Å². The van der Waals surface area contributed by atoms with Gasteiger partial charge in [-0.3, -0.25) is 9.59 Å². The van der Waals surface area contributed by atoms with Crippen molar-refractivity contribution in [2.45, 2.75) is 12.8 Å². The molecule has 2 aromatic rings. The number of nitrogens with zero attached hydrogens (tertiary/aromatic N) is 1. The van der Waals surface area contributed by atoms with Crippen LogP contribution >= 0.6 is 0 Å². The number of Topliss-reactive ketones (excluding diaryl/α,β-unsaturated/α-hetero) is 1. The van der Waals surface area contributed by atoms with Gasteiger partial charge < -0.3 is 5.73 Å². The zero-order chi connectivity index (χ0) is 16.7. The molecule has 1 saturated carbocycles. The molecule has 2 aromatic carbocycles. The van der Waals surface area contributed by atoms with Crippen molar-refractivity contribution in [2.75, 3.05) is 0 Å². The molecule has 114 valence electrons. The smallest absolute Gasteiger partial charge is 0.239 e. The molecular weight excluding hydrogens is 288 g/mol. The molecule has 1 amide bonds. The van der Waals surface area contributed by atoms with E-state index < -0.39 is 22.7 Å². The normalized spacial score (nSPS) is 28.6. The highest BCUT2D eigenvalue weighted by Gasteiger charge is 2.82. The van der Waals surface area contributed by atoms with E-state index in [0.717, 1.165) is 5.56 Å². The number of ketones is 1. The summed E-state index contributed by atoms with van der Waals surface area (Å²) in [7, 11) is 0. The largest absolute Gasteiger partial charge is 0.368 e. The Morgan fingerprint density at radius 3 is 2.04 bits per heavy atom. The molecule has 0 bridgehead atoms. The fourth-order valence-corrected chi connectivity index (χ4v) is 3.68. The first-order chi connectivity index (χ1) is 11.0. The molecule has 0 heterocycles. The second-order valence-electron chi connectivity index (χ2n) is 6.03. The monoisotopic (exact) mass is 304 g/mol. The summed E-state index contributed by atoms with van der Waals surface area (Å²) in [6.45, 7) is 1.66. The second-order valence-corrected chi connectivity index (χ2v) is 6.03. The molecule has 1 fully saturated rings. The van der Waals surface area contributed by atoms with E-state index in [1.807, 2.05) is 42.5 Å². The van der Waals surface area contributed by atoms with Crippen LogP contribution in [0.15, 0.2) is 60.7 Å². The number of hydrogen-bond acceptors (Lipinski definition) is 3. The molecule has 3 rings (SSSR count). The van der Waals surface area contributed by atoms with Gasteiger partial charge in [0.15, 0.2) is 11.2 Å². The summed E-state index contributed by atoms with van der Waals surface area (Å²) in [6, 6.07) is 19.9. The van der Waals surface area contributed by atoms with Crippen LogP contribution in [0.5, 0.6) is 0 Å². The molecule has 0 saturated heterocycles. The van der Waals surface area contributed by atoms with Gasteiger partial charge in [-0.2, -0.15) is 5.26 Å². The van der Waals surface area contributed by atoms with Crippen molar-refractivity contribution in [3.63, 3.8) is 0 Å². The number of primary amides is 1. The van der Waals surface area contributed by atoms with Crippen LogP contribution in [0.4, 0.5) is 0 Å². The molecule has 2 N–H and O–H groups in total. The number of carbonyl (C=O) groups excluding carboxylic acids is 2. The van der Waals surface area contributed by atoms with E-state index >= 15 is 0 Å². The molecule has 0 aliphatic heterocycles. The Morgan fingerprint density at radius 1 is 1.04 bits per heavy atom. The number of nitrogens with two attached hydrogens (primary N) is 1. The fourth-order valence-electron chi connectivity index (χ4n) is 3.68. The van der Waals surface area contributed by atoms with Gasteiger partial charge in [0.2, 0.25) is 5.91 Å². The third-order valence-electron chi connectivity index (χ3n) is 4.95. The maximum absolute atomic E-state index is 13.0. The second kappa shape index (κ2) is 5.06. The predicted molar refractivity (Wildman–Crippen MR) is 85.3 cm³/mol. The molecule has 3 atom stereocenters. The van der Waals surface area contributed by atoms with Gasteiger partial charge in [0.25, 0.3) is 0 Å². The summed E-state index contributed by atoms with van der Waals surface area (Å²) in [5.74, 6) is -1.51. The average molecular weight is 304 g/mol. The van der Waals surface area contributed by atoms with Gasteiger partial charge in [-0.05, 0) is 12.5 Å². The van der Waals surface area contributed by atoms with E-state index in [1.165, 1.54) is 0 Å². The van der Waals surface area contributed by atoms with Crippen LogP contribution in [0.2, 0.25) is 0 Å². The topological polar surface area (TPSA) is 83.9 Å². The van der Waals surface area contributed by atoms with Gasteiger partial charge in [-0.1, -0.05) is 60.7 Å². The highest BCUT2D eigenvalue weighted by Crippen LogP contribution is 2.74. The molecule has 0 unspecified atom stereocenters. The maximum Gasteiger partial charge on any atom is 0.239 e. The predicted octanol–water partition coefficient (Wildman–Crippen LogP) is 2.67. The quantitative estimate of drug-likeness (QED) is 0.881. The minimum absolute atomic E-state index is 0.229. The van der Waals surface area contributed by atoms with E-state index in [4.69, 9.17) is 5.73 Å². The Kier molecular flexibility index (Phi) is 3.30. The zero-order valence-electron chi connectivity index (χ0n) is 12.7. The number of hydrogen-bond donors (Lipinski definition) is 1. The van der Waals surface area contributed by atoms with Gasteiger partial charge >= 0.3 is 0 Å². The average Bonchev–Trinajstić information content (AvgIpc) is 3.17. The van der Waals surface area contributed by atoms with Gasteiger partial charge in [0.1, 0.15) is 0 Å². The minimum atomic E-state index is -1.51. The third kappa shape index (κ3) is 1.83. The number of benzene rings is 2. The van der Waals surface area contributed by atoms with Crippen molar-refractivity contribution in [3.8, 4) is 6.07 Å². The highest BCUT2D eigenvalue weighted by molar-refractivity contribution is 6.11. The molecule has 1 aliphatic rings. The first-order valence-electron chi connectivity index (χ1n) is 7.36. The van der Waals surface area contributed by atoms with Gasteiger partial charge in [0, 0.05) is 11.5 Å². The van der Waals surface area contributed by atoms with E-state index in [9.17, 15) is 14.9 Å². The molecule has 23 heavy (non-hydrogen) atoms. The summed E-state index contributed by atoms with van der Waals surface area (Å²) < 4.78 is 0. The summed E-state index contributed by atoms with van der Waals surface area (Å²) in [5.41, 5.74) is 4.14. The maximum atomic E-state index is 13.0. The van der Waals surface area contributed by atoms with E-state index in [0.29, 0.717) is 5.56 Å². The standard InChI is InChI=1S/C19H16N2O2/c1-18(16(22)14-10-6-3-7-11-14)15(13-8-4-2-5-9-13)19(18,12-20)17(21)23/h2-11,15H,1H3,(H2,21,23)/t15-,18-,19-/m0/s1. The van der Waals surface area contributed by atoms with Crippen LogP contribution < -0.4 is 5.73 Å². The van der Waals surface area contributed by atoms with E-state index in [-0.39, 0.29) is 5.78 Å². The Labute approximate surface area is 134 Å². The summed E-state index contributed by atoms with van der Waals surface area (Å²) in [4.78, 5) is 25.1. The zero-order valence-corrected chi connectivity index (χ0v) is 12.7. The minimum Gasteiger partial charge on any atom is -0.368 e. The molecule has 0 aromatic heterocycles. The lowest BCUT2D eigenvalue weighted by Gasteiger charge is -2.12. The van der Waals surface area contributed by atoms with Crippen molar-refractivity contribution in [3.05, 3.63) is 71.8 Å². The number of amides is 1. The van der Waals surface area contributed by atoms with Gasteiger partial charge in [0.05, 0.1) is 11.5 Å². The van der Waals surface area contributed by atoms with Crippen LogP contribution in [0.25, 0.3) is 0 Å². The number of rotatable bonds is 4. The number of nitriles is 1. The first-order valence-corrected chi connectivity index (χ1v) is 7.36. The molecule has 0 radical (unpaired) electrons. The molecule has 0 spiro atoms. The van der Waals surface area contributed by atoms with Crippen LogP contribution in [0.3, 0.4) is 0 Å². The molecule has 4 heteroatoms. The highest BCUT2D eigenvalue weighted by atomic mass is 16.2. The molecule has 1 aliphatic carbocycles. The van der Waals surface area contributed by atoms with Crippen molar-refractivity contribution in [2.24, 2.45) is 16.6 Å². The summed E-state index contributed by atoms with van der Waals surface area (Å²) >= 11 is 0. The number of carbonyl (C=O) groups is 2. The molecular formula is C19H16N2O2. The van der Waals surface area contributed by atoms with Gasteiger partial charge in [-0.15, -0.1) is 0 Å². The molecule has 4 nitrogen and oxygen atoms in total. The fraction of sp³-hybridized carbons (Fsp3) is 0.211. The van der Waals surface area contributed by atoms with Crippen molar-refractivity contribution < 1.29 is 9.59 Å². The summed E-state index contributed by atoms with van der Waals surface area (Å²) in [6.07, 6.45) is 0. The Bertz CT molecular complexity index is 810. The third-order valence-corrected chi connectivity index (χ3v) is 4.95. The Balaban J connectivity index is 2.14. The summed E-state index contributed by atoms with van der Waals surface area (Å²) in [5, 5.41) is 9.69. The first kappa shape index (κ1) is 15.0. The van der Waals surface area contributed by atoms with Crippen molar-refractivity contribution in [1.29, 1.82) is 5.26 Å². The lowest BCUT2D eigenvalue weighted by atomic mass is 9.87. The van der Waals surface area contributed by atoms with Crippen LogP contribution in [-0.4, -0.2) is 11.7 Å².